The number of hydrogen-bond acceptors (Lipinski definition) is 6. The lowest BCUT2D eigenvalue weighted by atomic mass is 9.72. The van der Waals surface area contributed by atoms with E-state index in [-0.39, 0.29) is 12.6 Å². The zero-order chi connectivity index (χ0) is 17.8. The molecule has 1 aromatic heterocycles. The molecular weight excluding hydrogens is 330 g/mol. The van der Waals surface area contributed by atoms with Crippen LogP contribution in [0.5, 0.6) is 0 Å². The van der Waals surface area contributed by atoms with Gasteiger partial charge < -0.3 is 9.84 Å². The maximum atomic E-state index is 9.86. The van der Waals surface area contributed by atoms with Crippen molar-refractivity contribution in [2.24, 2.45) is 5.41 Å². The molecule has 7 heteroatoms. The SMILES string of the molecule is OCC1CCC2(CCOCC2)CN1Cc1nnnn1Cc1ccccc1. The average molecular weight is 357 g/mol. The van der Waals surface area contributed by atoms with Gasteiger partial charge in [0.05, 0.1) is 19.7 Å². The first kappa shape index (κ1) is 17.6. The van der Waals surface area contributed by atoms with Crippen LogP contribution in [-0.2, 0) is 17.8 Å². The largest absolute Gasteiger partial charge is 0.395 e. The molecule has 26 heavy (non-hydrogen) atoms. The maximum Gasteiger partial charge on any atom is 0.165 e. The van der Waals surface area contributed by atoms with E-state index >= 15 is 0 Å². The predicted octanol–water partition coefficient (Wildman–Crippen LogP) is 1.47. The smallest absolute Gasteiger partial charge is 0.165 e. The van der Waals surface area contributed by atoms with Crippen molar-refractivity contribution in [3.63, 3.8) is 0 Å². The number of aliphatic hydroxyl groups is 1. The molecule has 2 aromatic rings. The highest BCUT2D eigenvalue weighted by atomic mass is 16.5. The molecule has 7 nitrogen and oxygen atoms in total. The molecule has 0 aliphatic carbocycles. The van der Waals surface area contributed by atoms with Gasteiger partial charge in [-0.1, -0.05) is 30.3 Å². The van der Waals surface area contributed by atoms with E-state index in [2.05, 4.69) is 32.6 Å². The molecule has 3 heterocycles. The summed E-state index contributed by atoms with van der Waals surface area (Å²) < 4.78 is 7.44. The van der Waals surface area contributed by atoms with E-state index in [9.17, 15) is 5.11 Å². The monoisotopic (exact) mass is 357 g/mol. The number of aromatic nitrogens is 4. The zero-order valence-corrected chi connectivity index (χ0v) is 15.1. The van der Waals surface area contributed by atoms with E-state index in [4.69, 9.17) is 4.74 Å². The Bertz CT molecular complexity index is 699. The number of benzene rings is 1. The second kappa shape index (κ2) is 7.82. The summed E-state index contributed by atoms with van der Waals surface area (Å²) in [7, 11) is 0. The lowest BCUT2D eigenvalue weighted by Gasteiger charge is -2.48. The molecular formula is C19H27N5O2. The molecule has 2 fully saturated rings. The van der Waals surface area contributed by atoms with Crippen molar-refractivity contribution >= 4 is 0 Å². The van der Waals surface area contributed by atoms with E-state index in [0.717, 1.165) is 44.8 Å². The van der Waals surface area contributed by atoms with Crippen molar-refractivity contribution in [2.75, 3.05) is 26.4 Å². The van der Waals surface area contributed by atoms with Gasteiger partial charge in [0, 0.05) is 25.8 Å². The summed E-state index contributed by atoms with van der Waals surface area (Å²) in [5.74, 6) is 0.858. The third-order valence-corrected chi connectivity index (χ3v) is 5.95. The van der Waals surface area contributed by atoms with Gasteiger partial charge in [0.25, 0.3) is 0 Å². The highest BCUT2D eigenvalue weighted by molar-refractivity contribution is 5.15. The molecule has 1 unspecified atom stereocenters. The Hall–Kier alpha value is -1.83. The molecule has 0 radical (unpaired) electrons. The van der Waals surface area contributed by atoms with Crippen LogP contribution in [0.4, 0.5) is 0 Å². The van der Waals surface area contributed by atoms with E-state index in [1.165, 1.54) is 12.0 Å². The van der Waals surface area contributed by atoms with Crippen molar-refractivity contribution in [1.82, 2.24) is 25.1 Å². The van der Waals surface area contributed by atoms with E-state index in [1.807, 2.05) is 22.9 Å². The van der Waals surface area contributed by atoms with Gasteiger partial charge in [0.15, 0.2) is 5.82 Å². The first-order chi connectivity index (χ1) is 12.8. The van der Waals surface area contributed by atoms with Crippen LogP contribution < -0.4 is 0 Å². The van der Waals surface area contributed by atoms with Gasteiger partial charge >= 0.3 is 0 Å². The molecule has 2 aliphatic rings. The summed E-state index contributed by atoms with van der Waals surface area (Å²) in [5, 5.41) is 22.2. The predicted molar refractivity (Wildman–Crippen MR) is 96.4 cm³/mol. The summed E-state index contributed by atoms with van der Waals surface area (Å²) in [6.45, 7) is 4.22. The number of tetrazole rings is 1. The fourth-order valence-electron chi connectivity index (χ4n) is 4.30. The number of nitrogens with zero attached hydrogens (tertiary/aromatic N) is 5. The average Bonchev–Trinajstić information content (AvgIpc) is 3.10. The third-order valence-electron chi connectivity index (χ3n) is 5.95. The molecule has 0 amide bonds. The van der Waals surface area contributed by atoms with Crippen LogP contribution in [0.25, 0.3) is 0 Å². The van der Waals surface area contributed by atoms with Crippen molar-refractivity contribution < 1.29 is 9.84 Å². The molecule has 1 N–H and O–H groups in total. The normalized spacial score (nSPS) is 23.3. The number of piperidine rings is 1. The van der Waals surface area contributed by atoms with Gasteiger partial charge in [0.2, 0.25) is 0 Å². The summed E-state index contributed by atoms with van der Waals surface area (Å²) in [5.41, 5.74) is 1.50. The molecule has 0 bridgehead atoms. The van der Waals surface area contributed by atoms with Crippen molar-refractivity contribution in [3.05, 3.63) is 41.7 Å². The Morgan fingerprint density at radius 2 is 1.92 bits per heavy atom. The van der Waals surface area contributed by atoms with Crippen molar-refractivity contribution in [1.29, 1.82) is 0 Å². The van der Waals surface area contributed by atoms with Gasteiger partial charge in [0.1, 0.15) is 0 Å². The summed E-state index contributed by atoms with van der Waals surface area (Å²) in [6.07, 6.45) is 4.41. The van der Waals surface area contributed by atoms with Crippen LogP contribution in [0.15, 0.2) is 30.3 Å². The first-order valence-electron chi connectivity index (χ1n) is 9.50. The van der Waals surface area contributed by atoms with Gasteiger partial charge in [-0.25, -0.2) is 4.68 Å². The lowest BCUT2D eigenvalue weighted by molar-refractivity contribution is -0.0559. The fraction of sp³-hybridized carbons (Fsp3) is 0.632. The molecule has 1 atom stereocenters. The number of hydrogen-bond donors (Lipinski definition) is 1. The lowest BCUT2D eigenvalue weighted by Crippen LogP contribution is -2.51. The maximum absolute atomic E-state index is 9.86. The summed E-state index contributed by atoms with van der Waals surface area (Å²) in [6, 6.07) is 10.4. The highest BCUT2D eigenvalue weighted by Gasteiger charge is 2.40. The summed E-state index contributed by atoms with van der Waals surface area (Å²) >= 11 is 0. The molecule has 1 spiro atoms. The van der Waals surface area contributed by atoms with Crippen LogP contribution in [0.1, 0.15) is 37.1 Å². The minimum atomic E-state index is 0.186. The summed E-state index contributed by atoms with van der Waals surface area (Å²) in [4.78, 5) is 2.38. The van der Waals surface area contributed by atoms with Gasteiger partial charge in [-0.3, -0.25) is 4.90 Å². The van der Waals surface area contributed by atoms with Crippen molar-refractivity contribution in [3.8, 4) is 0 Å². The molecule has 1 aromatic carbocycles. The van der Waals surface area contributed by atoms with Gasteiger partial charge in [-0.2, -0.15) is 0 Å². The van der Waals surface area contributed by atoms with Crippen LogP contribution >= 0.6 is 0 Å². The topological polar surface area (TPSA) is 76.3 Å². The fourth-order valence-corrected chi connectivity index (χ4v) is 4.30. The van der Waals surface area contributed by atoms with E-state index in [1.54, 1.807) is 0 Å². The molecule has 2 saturated heterocycles. The molecule has 2 aliphatic heterocycles. The Kier molecular flexibility index (Phi) is 5.28. The van der Waals surface area contributed by atoms with Crippen LogP contribution in [0.2, 0.25) is 0 Å². The van der Waals surface area contributed by atoms with Gasteiger partial charge in [-0.15, -0.1) is 5.10 Å². The number of ether oxygens (including phenoxy) is 1. The minimum Gasteiger partial charge on any atom is -0.395 e. The van der Waals surface area contributed by atoms with Crippen LogP contribution in [-0.4, -0.2) is 62.6 Å². The second-order valence-corrected chi connectivity index (χ2v) is 7.63. The zero-order valence-electron chi connectivity index (χ0n) is 15.1. The first-order valence-corrected chi connectivity index (χ1v) is 9.50. The van der Waals surface area contributed by atoms with E-state index < -0.39 is 0 Å². The quantitative estimate of drug-likeness (QED) is 0.873. The van der Waals surface area contributed by atoms with Crippen molar-refractivity contribution in [2.45, 2.75) is 44.8 Å². The molecule has 0 saturated carbocycles. The number of aliphatic hydroxyl groups excluding tert-OH is 1. The Balaban J connectivity index is 1.49. The van der Waals surface area contributed by atoms with Crippen LogP contribution in [0, 0.1) is 5.41 Å². The van der Waals surface area contributed by atoms with Crippen LogP contribution in [0.3, 0.4) is 0 Å². The molecule has 4 rings (SSSR count). The number of likely N-dealkylation sites (tertiary alicyclic amines) is 1. The third kappa shape index (κ3) is 3.79. The minimum absolute atomic E-state index is 0.186. The molecule has 140 valence electrons. The Morgan fingerprint density at radius 1 is 1.12 bits per heavy atom. The second-order valence-electron chi connectivity index (χ2n) is 7.63. The highest BCUT2D eigenvalue weighted by Crippen LogP contribution is 2.41. The Morgan fingerprint density at radius 3 is 2.69 bits per heavy atom. The Labute approximate surface area is 154 Å². The standard InChI is InChI=1S/C19H27N5O2/c25-14-17-6-7-19(8-10-26-11-9-19)15-23(17)13-18-20-21-22-24(18)12-16-4-2-1-3-5-16/h1-5,17,25H,6-15H2. The van der Waals surface area contributed by atoms with Gasteiger partial charge in [-0.05, 0) is 47.1 Å². The van der Waals surface area contributed by atoms with E-state index in [0.29, 0.717) is 18.5 Å². The number of rotatable bonds is 5.